The average molecular weight is 399 g/mol. The third-order valence-corrected chi connectivity index (χ3v) is 4.42. The normalized spacial score (nSPS) is 11.1. The molecule has 3 rings (SSSR count). The van der Waals surface area contributed by atoms with Gasteiger partial charge in [0, 0.05) is 11.6 Å². The van der Waals surface area contributed by atoms with Gasteiger partial charge in [-0.3, -0.25) is 4.79 Å². The first-order valence-electron chi connectivity index (χ1n) is 8.89. The fourth-order valence-corrected chi connectivity index (χ4v) is 3.04. The maximum atomic E-state index is 12.0. The Hall–Kier alpha value is -3.00. The van der Waals surface area contributed by atoms with Crippen molar-refractivity contribution in [2.24, 2.45) is 5.10 Å². The molecule has 1 N–H and O–H groups in total. The molecule has 146 valence electrons. The first-order valence-corrected chi connectivity index (χ1v) is 9.88. The van der Waals surface area contributed by atoms with Crippen molar-refractivity contribution in [2.75, 3.05) is 19.0 Å². The summed E-state index contributed by atoms with van der Waals surface area (Å²) in [6.45, 7) is 4.92. The van der Waals surface area contributed by atoms with Crippen molar-refractivity contribution >= 4 is 35.0 Å². The summed E-state index contributed by atoms with van der Waals surface area (Å²) in [7, 11) is 0. The summed E-state index contributed by atoms with van der Waals surface area (Å²) in [4.78, 5) is 16.3. The fraction of sp³-hybridized carbons (Fsp3) is 0.250. The molecule has 28 heavy (non-hydrogen) atoms. The van der Waals surface area contributed by atoms with E-state index in [0.29, 0.717) is 29.8 Å². The Kier molecular flexibility index (Phi) is 6.91. The maximum absolute atomic E-state index is 12.0. The minimum absolute atomic E-state index is 0.145. The van der Waals surface area contributed by atoms with Crippen molar-refractivity contribution in [3.8, 4) is 11.5 Å². The van der Waals surface area contributed by atoms with Gasteiger partial charge in [0.25, 0.3) is 11.1 Å². The van der Waals surface area contributed by atoms with Crippen LogP contribution in [-0.4, -0.2) is 36.1 Å². The molecule has 3 aromatic rings. The fourth-order valence-electron chi connectivity index (χ4n) is 2.40. The predicted molar refractivity (Wildman–Crippen MR) is 109 cm³/mol. The molecular formula is C20H21N3O4S. The lowest BCUT2D eigenvalue weighted by molar-refractivity contribution is -0.118. The van der Waals surface area contributed by atoms with E-state index in [-0.39, 0.29) is 11.7 Å². The van der Waals surface area contributed by atoms with E-state index in [2.05, 4.69) is 15.5 Å². The standard InChI is InChI=1S/C20H21N3O4S/c1-3-25-15-10-9-14(18(11-15)26-4-2)12-21-23-19(24)13-28-20-22-16-7-5-6-8-17(16)27-20/h5-12H,3-4,13H2,1-2H3,(H,23,24)/b21-12-. The maximum Gasteiger partial charge on any atom is 0.257 e. The SMILES string of the molecule is CCOc1ccc(/C=N\NC(=O)CSc2nc3ccccc3o2)c(OCC)c1. The van der Waals surface area contributed by atoms with Gasteiger partial charge in [-0.05, 0) is 38.1 Å². The number of benzene rings is 2. The highest BCUT2D eigenvalue weighted by Crippen LogP contribution is 2.24. The summed E-state index contributed by atoms with van der Waals surface area (Å²) >= 11 is 1.21. The highest BCUT2D eigenvalue weighted by Gasteiger charge is 2.09. The lowest BCUT2D eigenvalue weighted by atomic mass is 10.2. The van der Waals surface area contributed by atoms with E-state index in [9.17, 15) is 4.79 Å². The van der Waals surface area contributed by atoms with E-state index in [1.54, 1.807) is 12.3 Å². The van der Waals surface area contributed by atoms with Gasteiger partial charge in [-0.1, -0.05) is 23.9 Å². The van der Waals surface area contributed by atoms with E-state index in [4.69, 9.17) is 13.9 Å². The molecule has 0 saturated heterocycles. The number of fused-ring (bicyclic) bond motifs is 1. The summed E-state index contributed by atoms with van der Waals surface area (Å²) in [5.41, 5.74) is 4.71. The molecule has 1 aromatic heterocycles. The minimum Gasteiger partial charge on any atom is -0.494 e. The second-order valence-electron chi connectivity index (χ2n) is 5.60. The Morgan fingerprint density at radius 3 is 2.82 bits per heavy atom. The monoisotopic (exact) mass is 399 g/mol. The van der Waals surface area contributed by atoms with Crippen molar-refractivity contribution < 1.29 is 18.7 Å². The molecule has 0 aliphatic heterocycles. The van der Waals surface area contributed by atoms with Gasteiger partial charge in [0.2, 0.25) is 0 Å². The van der Waals surface area contributed by atoms with Gasteiger partial charge in [-0.15, -0.1) is 0 Å². The number of nitrogens with zero attached hydrogens (tertiary/aromatic N) is 2. The Bertz CT molecular complexity index is 938. The molecule has 0 unspecified atom stereocenters. The summed E-state index contributed by atoms with van der Waals surface area (Å²) in [6, 6.07) is 12.9. The molecular weight excluding hydrogens is 378 g/mol. The topological polar surface area (TPSA) is 86.0 Å². The number of carbonyl (C=O) groups excluding carboxylic acids is 1. The third kappa shape index (κ3) is 5.26. The molecule has 0 aliphatic rings. The predicted octanol–water partition coefficient (Wildman–Crippen LogP) is 3.87. The number of hydrogen-bond acceptors (Lipinski definition) is 7. The Morgan fingerprint density at radius 1 is 1.21 bits per heavy atom. The molecule has 1 amide bonds. The molecule has 0 fully saturated rings. The number of hydrogen-bond donors (Lipinski definition) is 1. The summed E-state index contributed by atoms with van der Waals surface area (Å²) in [5, 5.41) is 4.45. The van der Waals surface area contributed by atoms with Crippen LogP contribution >= 0.6 is 11.8 Å². The van der Waals surface area contributed by atoms with Crippen LogP contribution in [0.25, 0.3) is 11.1 Å². The number of rotatable bonds is 9. The van der Waals surface area contributed by atoms with Gasteiger partial charge >= 0.3 is 0 Å². The van der Waals surface area contributed by atoms with Crippen molar-refractivity contribution in [1.82, 2.24) is 10.4 Å². The highest BCUT2D eigenvalue weighted by atomic mass is 32.2. The number of nitrogens with one attached hydrogen (secondary N) is 1. The van der Waals surface area contributed by atoms with Crippen LogP contribution in [-0.2, 0) is 4.79 Å². The molecule has 2 aromatic carbocycles. The van der Waals surface area contributed by atoms with Gasteiger partial charge in [0.15, 0.2) is 5.58 Å². The molecule has 0 atom stereocenters. The average Bonchev–Trinajstić information content (AvgIpc) is 3.11. The minimum atomic E-state index is -0.257. The van der Waals surface area contributed by atoms with Crippen LogP contribution in [0, 0.1) is 0 Å². The van der Waals surface area contributed by atoms with E-state index in [0.717, 1.165) is 16.8 Å². The van der Waals surface area contributed by atoms with Crippen LogP contribution in [0.3, 0.4) is 0 Å². The van der Waals surface area contributed by atoms with E-state index < -0.39 is 0 Å². The second kappa shape index (κ2) is 9.80. The van der Waals surface area contributed by atoms with Crippen LogP contribution in [0.5, 0.6) is 11.5 Å². The number of carbonyl (C=O) groups is 1. The highest BCUT2D eigenvalue weighted by molar-refractivity contribution is 7.99. The van der Waals surface area contributed by atoms with Gasteiger partial charge in [0.1, 0.15) is 17.0 Å². The number of ether oxygens (including phenoxy) is 2. The van der Waals surface area contributed by atoms with Crippen LogP contribution in [0.1, 0.15) is 19.4 Å². The van der Waals surface area contributed by atoms with Gasteiger partial charge < -0.3 is 13.9 Å². The van der Waals surface area contributed by atoms with Gasteiger partial charge in [0.05, 0.1) is 25.2 Å². The van der Waals surface area contributed by atoms with Crippen LogP contribution in [0.4, 0.5) is 0 Å². The molecule has 0 spiro atoms. The molecule has 0 saturated carbocycles. The molecule has 0 radical (unpaired) electrons. The van der Waals surface area contributed by atoms with Crippen molar-refractivity contribution in [3.05, 3.63) is 48.0 Å². The van der Waals surface area contributed by atoms with Crippen molar-refractivity contribution in [3.63, 3.8) is 0 Å². The lowest BCUT2D eigenvalue weighted by Crippen LogP contribution is -2.19. The molecule has 1 heterocycles. The summed E-state index contributed by atoms with van der Waals surface area (Å²) < 4.78 is 16.7. The smallest absolute Gasteiger partial charge is 0.257 e. The zero-order valence-electron chi connectivity index (χ0n) is 15.7. The van der Waals surface area contributed by atoms with Crippen molar-refractivity contribution in [1.29, 1.82) is 0 Å². The number of amides is 1. The second-order valence-corrected chi connectivity index (χ2v) is 6.52. The van der Waals surface area contributed by atoms with Gasteiger partial charge in [-0.2, -0.15) is 5.10 Å². The van der Waals surface area contributed by atoms with Gasteiger partial charge in [-0.25, -0.2) is 10.4 Å². The number of oxazole rings is 1. The zero-order valence-corrected chi connectivity index (χ0v) is 16.5. The van der Waals surface area contributed by atoms with E-state index in [1.165, 1.54) is 11.8 Å². The summed E-state index contributed by atoms with van der Waals surface area (Å²) in [5.74, 6) is 1.26. The largest absolute Gasteiger partial charge is 0.494 e. The Morgan fingerprint density at radius 2 is 2.04 bits per heavy atom. The first-order chi connectivity index (χ1) is 13.7. The van der Waals surface area contributed by atoms with Crippen LogP contribution < -0.4 is 14.9 Å². The van der Waals surface area contributed by atoms with Crippen LogP contribution in [0.2, 0.25) is 0 Å². The zero-order chi connectivity index (χ0) is 19.8. The first kappa shape index (κ1) is 19.8. The quantitative estimate of drug-likeness (QED) is 0.334. The molecule has 0 aliphatic carbocycles. The van der Waals surface area contributed by atoms with E-state index in [1.807, 2.05) is 50.2 Å². The number of aromatic nitrogens is 1. The Balaban J connectivity index is 1.55. The molecule has 8 heteroatoms. The number of hydrazone groups is 1. The Labute approximate surface area is 167 Å². The summed E-state index contributed by atoms with van der Waals surface area (Å²) in [6.07, 6.45) is 1.54. The number of thioether (sulfide) groups is 1. The number of para-hydroxylation sites is 2. The van der Waals surface area contributed by atoms with Crippen molar-refractivity contribution in [2.45, 2.75) is 19.1 Å². The third-order valence-electron chi connectivity index (χ3n) is 3.59. The molecule has 7 nitrogen and oxygen atoms in total. The van der Waals surface area contributed by atoms with Crippen LogP contribution in [0.15, 0.2) is 57.2 Å². The lowest BCUT2D eigenvalue weighted by Gasteiger charge is -2.09. The van der Waals surface area contributed by atoms with E-state index >= 15 is 0 Å². The molecule has 0 bridgehead atoms.